The summed E-state index contributed by atoms with van der Waals surface area (Å²) in [6, 6.07) is 0.409. The summed E-state index contributed by atoms with van der Waals surface area (Å²) >= 11 is 0. The van der Waals surface area contributed by atoms with Crippen LogP contribution in [0.4, 0.5) is 0 Å². The second-order valence-electron chi connectivity index (χ2n) is 4.97. The first-order chi connectivity index (χ1) is 9.65. The molecule has 1 aromatic heterocycles. The van der Waals surface area contributed by atoms with Gasteiger partial charge in [-0.25, -0.2) is 4.99 Å². The van der Waals surface area contributed by atoms with Gasteiger partial charge in [-0.15, -0.1) is 24.0 Å². The molecule has 21 heavy (non-hydrogen) atoms. The largest absolute Gasteiger partial charge is 0.357 e. The smallest absolute Gasteiger partial charge is 0.223 e. The number of halogens is 1. The predicted molar refractivity (Wildman–Crippen MR) is 96.0 cm³/mol. The van der Waals surface area contributed by atoms with Crippen LogP contribution in [0, 0.1) is 6.92 Å². The minimum atomic E-state index is 0. The van der Waals surface area contributed by atoms with Crippen LogP contribution in [0.15, 0.2) is 9.52 Å². The standard InChI is InChI=1S/C14H27N5O.HI/c1-5-7-8-9-11(3)17-14(15-6-2)16-10-13-18-12(4)20-19-13;/h11H,5-10H2,1-4H3,(H2,15,16,17);1H. The number of aliphatic imine (C=N–C) groups is 1. The minimum absolute atomic E-state index is 0. The maximum Gasteiger partial charge on any atom is 0.223 e. The molecule has 6 nitrogen and oxygen atoms in total. The number of rotatable bonds is 8. The Balaban J connectivity index is 0.00000400. The highest BCUT2D eigenvalue weighted by atomic mass is 127. The SMILES string of the molecule is CCCCCC(C)NC(=NCc1noc(C)n1)NCC.I. The number of nitrogens with one attached hydrogen (secondary N) is 2. The molecule has 0 saturated carbocycles. The summed E-state index contributed by atoms with van der Waals surface area (Å²) < 4.78 is 4.93. The lowest BCUT2D eigenvalue weighted by molar-refractivity contribution is 0.387. The molecule has 0 amide bonds. The molecule has 1 unspecified atom stereocenters. The fourth-order valence-corrected chi connectivity index (χ4v) is 1.88. The van der Waals surface area contributed by atoms with Gasteiger partial charge in [0, 0.05) is 19.5 Å². The number of guanidine groups is 1. The first kappa shape index (κ1) is 20.1. The quantitative estimate of drug-likeness (QED) is 0.299. The van der Waals surface area contributed by atoms with Crippen molar-refractivity contribution in [3.63, 3.8) is 0 Å². The lowest BCUT2D eigenvalue weighted by Gasteiger charge is -2.17. The maximum absolute atomic E-state index is 4.93. The summed E-state index contributed by atoms with van der Waals surface area (Å²) in [7, 11) is 0. The monoisotopic (exact) mass is 409 g/mol. The molecule has 1 aromatic rings. The molecule has 1 atom stereocenters. The van der Waals surface area contributed by atoms with Crippen LogP contribution < -0.4 is 10.6 Å². The van der Waals surface area contributed by atoms with Crippen LogP contribution >= 0.6 is 24.0 Å². The molecule has 1 rings (SSSR count). The molecule has 0 saturated heterocycles. The molecule has 2 N–H and O–H groups in total. The van der Waals surface area contributed by atoms with Crippen molar-refractivity contribution in [1.82, 2.24) is 20.8 Å². The average Bonchev–Trinajstić information content (AvgIpc) is 2.82. The molecule has 0 aromatic carbocycles. The lowest BCUT2D eigenvalue weighted by Crippen LogP contribution is -2.42. The molecule has 0 spiro atoms. The number of hydrogen-bond acceptors (Lipinski definition) is 4. The van der Waals surface area contributed by atoms with Crippen molar-refractivity contribution in [1.29, 1.82) is 0 Å². The second kappa shape index (κ2) is 11.8. The Morgan fingerprint density at radius 1 is 1.33 bits per heavy atom. The molecule has 0 bridgehead atoms. The summed E-state index contributed by atoms with van der Waals surface area (Å²) in [4.78, 5) is 8.62. The zero-order valence-corrected chi connectivity index (χ0v) is 15.8. The van der Waals surface area contributed by atoms with Crippen LogP contribution in [0.3, 0.4) is 0 Å². The fraction of sp³-hybridized carbons (Fsp3) is 0.786. The van der Waals surface area contributed by atoms with Gasteiger partial charge in [0.15, 0.2) is 11.8 Å². The van der Waals surface area contributed by atoms with Crippen molar-refractivity contribution in [2.45, 2.75) is 66.0 Å². The number of hydrogen-bond donors (Lipinski definition) is 2. The van der Waals surface area contributed by atoms with E-state index in [-0.39, 0.29) is 24.0 Å². The molecule has 0 aliphatic carbocycles. The van der Waals surface area contributed by atoms with Gasteiger partial charge in [0.25, 0.3) is 0 Å². The van der Waals surface area contributed by atoms with E-state index in [1.165, 1.54) is 19.3 Å². The summed E-state index contributed by atoms with van der Waals surface area (Å²) in [6.07, 6.45) is 4.92. The normalized spacial score (nSPS) is 12.7. The van der Waals surface area contributed by atoms with Crippen LogP contribution in [0.25, 0.3) is 0 Å². The van der Waals surface area contributed by atoms with Gasteiger partial charge < -0.3 is 15.2 Å². The second-order valence-corrected chi connectivity index (χ2v) is 4.97. The summed E-state index contributed by atoms with van der Waals surface area (Å²) in [5.41, 5.74) is 0. The van der Waals surface area contributed by atoms with Crippen LogP contribution in [0.1, 0.15) is 58.2 Å². The molecule has 1 heterocycles. The highest BCUT2D eigenvalue weighted by molar-refractivity contribution is 14.0. The summed E-state index contributed by atoms with van der Waals surface area (Å²) in [5.74, 6) is 1.98. The third-order valence-electron chi connectivity index (χ3n) is 2.92. The zero-order chi connectivity index (χ0) is 14.8. The van der Waals surface area contributed by atoms with E-state index in [0.717, 1.165) is 18.9 Å². The molecule has 0 radical (unpaired) electrons. The summed E-state index contributed by atoms with van der Waals surface area (Å²) in [5, 5.41) is 10.5. The van der Waals surface area contributed by atoms with Crippen molar-refractivity contribution in [3.8, 4) is 0 Å². The van der Waals surface area contributed by atoms with Gasteiger partial charge in [0.05, 0.1) is 0 Å². The molecule has 7 heteroatoms. The number of nitrogens with zero attached hydrogens (tertiary/aromatic N) is 3. The van der Waals surface area contributed by atoms with Gasteiger partial charge in [-0.1, -0.05) is 31.3 Å². The fourth-order valence-electron chi connectivity index (χ4n) is 1.88. The van der Waals surface area contributed by atoms with Crippen molar-refractivity contribution >= 4 is 29.9 Å². The number of aromatic nitrogens is 2. The first-order valence-corrected chi connectivity index (χ1v) is 7.49. The third-order valence-corrected chi connectivity index (χ3v) is 2.92. The van der Waals surface area contributed by atoms with Crippen molar-refractivity contribution in [2.24, 2.45) is 4.99 Å². The Hall–Kier alpha value is -0.860. The highest BCUT2D eigenvalue weighted by Gasteiger charge is 2.06. The highest BCUT2D eigenvalue weighted by Crippen LogP contribution is 2.03. The molecule has 0 fully saturated rings. The predicted octanol–water partition coefficient (Wildman–Crippen LogP) is 3.02. The van der Waals surface area contributed by atoms with E-state index in [1.807, 2.05) is 0 Å². The Labute approximate surface area is 144 Å². The van der Waals surface area contributed by atoms with E-state index >= 15 is 0 Å². The van der Waals surface area contributed by atoms with Crippen molar-refractivity contribution in [3.05, 3.63) is 11.7 Å². The van der Waals surface area contributed by atoms with Gasteiger partial charge in [-0.05, 0) is 20.3 Å². The van der Waals surface area contributed by atoms with E-state index in [2.05, 4.69) is 46.5 Å². The molecular formula is C14H28IN5O. The Kier molecular flexibility index (Phi) is 11.3. The van der Waals surface area contributed by atoms with Crippen LogP contribution in [0.2, 0.25) is 0 Å². The zero-order valence-electron chi connectivity index (χ0n) is 13.5. The van der Waals surface area contributed by atoms with E-state index in [9.17, 15) is 0 Å². The molecule has 122 valence electrons. The Morgan fingerprint density at radius 2 is 2.10 bits per heavy atom. The number of aryl methyl sites for hydroxylation is 1. The summed E-state index contributed by atoms with van der Waals surface area (Å²) in [6.45, 7) is 9.49. The first-order valence-electron chi connectivity index (χ1n) is 7.49. The topological polar surface area (TPSA) is 75.3 Å². The van der Waals surface area contributed by atoms with Gasteiger partial charge >= 0.3 is 0 Å². The van der Waals surface area contributed by atoms with Crippen molar-refractivity contribution in [2.75, 3.05) is 6.54 Å². The molecule has 0 aliphatic heterocycles. The van der Waals surface area contributed by atoms with Gasteiger partial charge in [0.1, 0.15) is 6.54 Å². The van der Waals surface area contributed by atoms with Crippen molar-refractivity contribution < 1.29 is 4.52 Å². The van der Waals surface area contributed by atoms with E-state index in [0.29, 0.717) is 24.3 Å². The van der Waals surface area contributed by atoms with E-state index in [1.54, 1.807) is 6.92 Å². The Morgan fingerprint density at radius 3 is 2.67 bits per heavy atom. The van der Waals surface area contributed by atoms with Gasteiger partial charge in [-0.3, -0.25) is 0 Å². The van der Waals surface area contributed by atoms with Crippen LogP contribution in [-0.4, -0.2) is 28.7 Å². The maximum atomic E-state index is 4.93. The molecule has 0 aliphatic rings. The van der Waals surface area contributed by atoms with E-state index < -0.39 is 0 Å². The minimum Gasteiger partial charge on any atom is -0.357 e. The van der Waals surface area contributed by atoms with Crippen LogP contribution in [-0.2, 0) is 6.54 Å². The third kappa shape index (κ3) is 8.90. The van der Waals surface area contributed by atoms with E-state index in [4.69, 9.17) is 4.52 Å². The average molecular weight is 409 g/mol. The number of unbranched alkanes of at least 4 members (excludes halogenated alkanes) is 2. The molecular weight excluding hydrogens is 381 g/mol. The lowest BCUT2D eigenvalue weighted by atomic mass is 10.1. The Bertz CT molecular complexity index is 408. The van der Waals surface area contributed by atoms with Crippen LogP contribution in [0.5, 0.6) is 0 Å². The van der Waals surface area contributed by atoms with Gasteiger partial charge in [-0.2, -0.15) is 4.98 Å². The van der Waals surface area contributed by atoms with Gasteiger partial charge in [0.2, 0.25) is 5.89 Å².